The number of methoxy groups -OCH3 is 1. The van der Waals surface area contributed by atoms with Crippen LogP contribution >= 0.6 is 0 Å². The zero-order valence-corrected chi connectivity index (χ0v) is 17.3. The first-order chi connectivity index (χ1) is 13.9. The van der Waals surface area contributed by atoms with Crippen molar-refractivity contribution in [3.63, 3.8) is 0 Å². The van der Waals surface area contributed by atoms with Crippen molar-refractivity contribution in [2.24, 2.45) is 0 Å². The van der Waals surface area contributed by atoms with E-state index in [9.17, 15) is 26.4 Å². The van der Waals surface area contributed by atoms with E-state index in [1.165, 1.54) is 12.0 Å². The van der Waals surface area contributed by atoms with Crippen LogP contribution in [0.3, 0.4) is 0 Å². The molecule has 1 aliphatic rings. The molecule has 0 aliphatic carbocycles. The van der Waals surface area contributed by atoms with E-state index >= 15 is 0 Å². The fraction of sp³-hybridized carbons (Fsp3) is 0.350. The number of amides is 1. The van der Waals surface area contributed by atoms with Crippen LogP contribution in [0.5, 0.6) is 11.5 Å². The quantitative estimate of drug-likeness (QED) is 0.706. The molecule has 0 spiro atoms. The number of sulfone groups is 1. The SMILES string of the molecule is COc1ccc2c(c1)CN(C(=O)c1cc(S(C)(=O)=O)ccc1O[C@@H](C)C(F)(F)F)C2. The summed E-state index contributed by atoms with van der Waals surface area (Å²) in [5, 5.41) is 0. The van der Waals surface area contributed by atoms with Crippen LogP contribution in [0.15, 0.2) is 41.3 Å². The van der Waals surface area contributed by atoms with E-state index in [0.29, 0.717) is 5.75 Å². The first kappa shape index (κ1) is 21.9. The largest absolute Gasteiger partial charge is 0.497 e. The van der Waals surface area contributed by atoms with Gasteiger partial charge in [-0.05, 0) is 48.4 Å². The van der Waals surface area contributed by atoms with E-state index in [1.54, 1.807) is 18.2 Å². The Balaban J connectivity index is 1.97. The van der Waals surface area contributed by atoms with Crippen LogP contribution < -0.4 is 9.47 Å². The molecular formula is C20H20F3NO5S. The topological polar surface area (TPSA) is 72.9 Å². The lowest BCUT2D eigenvalue weighted by Crippen LogP contribution is -2.32. The molecule has 6 nitrogen and oxygen atoms in total. The highest BCUT2D eigenvalue weighted by Gasteiger charge is 2.39. The van der Waals surface area contributed by atoms with Crippen molar-refractivity contribution in [2.45, 2.75) is 37.2 Å². The van der Waals surface area contributed by atoms with Gasteiger partial charge < -0.3 is 14.4 Å². The summed E-state index contributed by atoms with van der Waals surface area (Å²) in [4.78, 5) is 14.4. The number of rotatable bonds is 5. The van der Waals surface area contributed by atoms with Crippen molar-refractivity contribution in [1.82, 2.24) is 4.90 Å². The standard InChI is InChI=1S/C20H20F3NO5S/c1-12(20(21,22)23)29-18-7-6-16(30(3,26)27)9-17(18)19(25)24-10-13-4-5-15(28-2)8-14(13)11-24/h4-9,12H,10-11H2,1-3H3/t12-/m0/s1. The molecule has 0 saturated heterocycles. The number of halogens is 3. The van der Waals surface area contributed by atoms with E-state index in [1.807, 2.05) is 0 Å². The predicted octanol–water partition coefficient (Wildman–Crippen LogP) is 3.58. The maximum atomic E-state index is 13.1. The summed E-state index contributed by atoms with van der Waals surface area (Å²) >= 11 is 0. The maximum Gasteiger partial charge on any atom is 0.425 e. The number of alkyl halides is 3. The minimum absolute atomic E-state index is 0.184. The number of hydrogen-bond acceptors (Lipinski definition) is 5. The number of fused-ring (bicyclic) bond motifs is 1. The normalized spacial score (nSPS) is 14.9. The Kier molecular flexibility index (Phi) is 5.72. The molecule has 2 aromatic rings. The van der Waals surface area contributed by atoms with Gasteiger partial charge in [-0.2, -0.15) is 13.2 Å². The Hall–Kier alpha value is -2.75. The van der Waals surface area contributed by atoms with Crippen molar-refractivity contribution in [1.29, 1.82) is 0 Å². The minimum atomic E-state index is -4.64. The zero-order chi connectivity index (χ0) is 22.3. The van der Waals surface area contributed by atoms with E-state index < -0.39 is 28.0 Å². The average Bonchev–Trinajstić information content (AvgIpc) is 3.09. The van der Waals surface area contributed by atoms with Crippen LogP contribution in [0.4, 0.5) is 13.2 Å². The zero-order valence-electron chi connectivity index (χ0n) is 16.5. The highest BCUT2D eigenvalue weighted by molar-refractivity contribution is 7.90. The molecule has 1 amide bonds. The third-order valence-electron chi connectivity index (χ3n) is 4.80. The molecule has 30 heavy (non-hydrogen) atoms. The molecule has 0 fully saturated rings. The lowest BCUT2D eigenvalue weighted by molar-refractivity contribution is -0.189. The van der Waals surface area contributed by atoms with Gasteiger partial charge in [0.05, 0.1) is 17.6 Å². The molecule has 2 aromatic carbocycles. The fourth-order valence-corrected chi connectivity index (χ4v) is 3.73. The second-order valence-corrected chi connectivity index (χ2v) is 9.04. The molecule has 162 valence electrons. The van der Waals surface area contributed by atoms with Gasteiger partial charge in [0.2, 0.25) is 0 Å². The monoisotopic (exact) mass is 443 g/mol. The summed E-state index contributed by atoms with van der Waals surface area (Å²) in [6, 6.07) is 8.58. The summed E-state index contributed by atoms with van der Waals surface area (Å²) in [6.45, 7) is 1.26. The van der Waals surface area contributed by atoms with E-state index in [0.717, 1.165) is 42.5 Å². The highest BCUT2D eigenvalue weighted by Crippen LogP contribution is 2.33. The van der Waals surface area contributed by atoms with E-state index in [2.05, 4.69) is 0 Å². The second kappa shape index (κ2) is 7.82. The third-order valence-corrected chi connectivity index (χ3v) is 5.91. The van der Waals surface area contributed by atoms with Crippen molar-refractivity contribution in [2.75, 3.05) is 13.4 Å². The average molecular weight is 443 g/mol. The molecule has 0 N–H and O–H groups in total. The van der Waals surface area contributed by atoms with Gasteiger partial charge in [0.15, 0.2) is 15.9 Å². The van der Waals surface area contributed by atoms with Crippen LogP contribution in [-0.2, 0) is 22.9 Å². The Morgan fingerprint density at radius 2 is 1.77 bits per heavy atom. The van der Waals surface area contributed by atoms with Crippen molar-refractivity contribution < 1.29 is 35.9 Å². The van der Waals surface area contributed by atoms with Crippen LogP contribution in [0.2, 0.25) is 0 Å². The Morgan fingerprint density at radius 1 is 1.10 bits per heavy atom. The number of carbonyl (C=O) groups is 1. The van der Waals surface area contributed by atoms with E-state index in [-0.39, 0.29) is 29.3 Å². The van der Waals surface area contributed by atoms with Crippen molar-refractivity contribution >= 4 is 15.7 Å². The summed E-state index contributed by atoms with van der Waals surface area (Å²) in [5.74, 6) is -0.337. The molecule has 0 unspecified atom stereocenters. The Bertz CT molecular complexity index is 1080. The first-order valence-corrected chi connectivity index (χ1v) is 10.8. The molecule has 10 heteroatoms. The number of carbonyl (C=O) groups excluding carboxylic acids is 1. The Labute approximate surface area is 172 Å². The van der Waals surface area contributed by atoms with Crippen LogP contribution in [0.1, 0.15) is 28.4 Å². The molecule has 1 atom stereocenters. The number of ether oxygens (including phenoxy) is 2. The lowest BCUT2D eigenvalue weighted by atomic mass is 10.1. The molecule has 0 radical (unpaired) electrons. The number of nitrogens with zero attached hydrogens (tertiary/aromatic N) is 1. The molecular weight excluding hydrogens is 423 g/mol. The first-order valence-electron chi connectivity index (χ1n) is 8.92. The summed E-state index contributed by atoms with van der Waals surface area (Å²) in [6.07, 6.45) is -5.86. The lowest BCUT2D eigenvalue weighted by Gasteiger charge is -2.22. The molecule has 1 heterocycles. The van der Waals surface area contributed by atoms with Crippen molar-refractivity contribution in [3.05, 3.63) is 53.1 Å². The molecule has 3 rings (SSSR count). The van der Waals surface area contributed by atoms with Gasteiger partial charge in [0, 0.05) is 19.3 Å². The third kappa shape index (κ3) is 4.53. The van der Waals surface area contributed by atoms with Gasteiger partial charge >= 0.3 is 6.18 Å². The smallest absolute Gasteiger partial charge is 0.425 e. The highest BCUT2D eigenvalue weighted by atomic mass is 32.2. The maximum absolute atomic E-state index is 13.1. The van der Waals surface area contributed by atoms with Gasteiger partial charge in [0.1, 0.15) is 11.5 Å². The van der Waals surface area contributed by atoms with Gasteiger partial charge in [0.25, 0.3) is 5.91 Å². The summed E-state index contributed by atoms with van der Waals surface area (Å²) in [5.41, 5.74) is 1.47. The number of benzene rings is 2. The summed E-state index contributed by atoms with van der Waals surface area (Å²) < 4.78 is 72.9. The van der Waals surface area contributed by atoms with Gasteiger partial charge in [-0.15, -0.1) is 0 Å². The van der Waals surface area contributed by atoms with Crippen LogP contribution in [0, 0.1) is 0 Å². The van der Waals surface area contributed by atoms with E-state index in [4.69, 9.17) is 9.47 Å². The van der Waals surface area contributed by atoms with Crippen molar-refractivity contribution in [3.8, 4) is 11.5 Å². The second-order valence-electron chi connectivity index (χ2n) is 7.03. The predicted molar refractivity (Wildman–Crippen MR) is 102 cm³/mol. The molecule has 0 bridgehead atoms. The molecule has 0 saturated carbocycles. The Morgan fingerprint density at radius 3 is 2.37 bits per heavy atom. The summed E-state index contributed by atoms with van der Waals surface area (Å²) in [7, 11) is -2.17. The van der Waals surface area contributed by atoms with Gasteiger partial charge in [-0.1, -0.05) is 6.07 Å². The molecule has 1 aliphatic heterocycles. The van der Waals surface area contributed by atoms with Gasteiger partial charge in [-0.3, -0.25) is 4.79 Å². The minimum Gasteiger partial charge on any atom is -0.497 e. The molecule has 0 aromatic heterocycles. The van der Waals surface area contributed by atoms with Gasteiger partial charge in [-0.25, -0.2) is 8.42 Å². The van der Waals surface area contributed by atoms with Crippen LogP contribution in [0.25, 0.3) is 0 Å². The van der Waals surface area contributed by atoms with Crippen LogP contribution in [-0.4, -0.2) is 44.9 Å². The number of hydrogen-bond donors (Lipinski definition) is 0. The fourth-order valence-electron chi connectivity index (χ4n) is 3.08.